The van der Waals surface area contributed by atoms with Crippen molar-refractivity contribution >= 4 is 28.3 Å². The Kier molecular flexibility index (Phi) is 5.24. The number of halogens is 3. The van der Waals surface area contributed by atoms with E-state index in [4.69, 9.17) is 0 Å². The number of hydrogen-bond acceptors (Lipinski definition) is 3. The third-order valence-corrected chi connectivity index (χ3v) is 5.83. The normalized spacial score (nSPS) is 13.6. The number of hydrogen-bond donors (Lipinski definition) is 1. The lowest BCUT2D eigenvalue weighted by Gasteiger charge is -2.29. The molecule has 0 bridgehead atoms. The van der Waals surface area contributed by atoms with Crippen molar-refractivity contribution in [1.29, 1.82) is 0 Å². The molecule has 7 heteroatoms. The summed E-state index contributed by atoms with van der Waals surface area (Å²) in [4.78, 5) is 19.9. The Morgan fingerprint density at radius 3 is 2.48 bits per heavy atom. The molecule has 1 aromatic heterocycles. The number of rotatable bonds is 3. The zero-order chi connectivity index (χ0) is 23.0. The predicted molar refractivity (Wildman–Crippen MR) is 121 cm³/mol. The number of nitrogens with one attached hydrogen (secondary N) is 1. The minimum atomic E-state index is -4.44. The lowest BCUT2D eigenvalue weighted by Crippen LogP contribution is -2.36. The number of carbonyl (C=O) groups is 1. The molecular weight excluding hydrogens is 427 g/mol. The van der Waals surface area contributed by atoms with E-state index in [1.54, 1.807) is 17.0 Å². The molecule has 0 atom stereocenters. The maximum Gasteiger partial charge on any atom is 0.416 e. The zero-order valence-corrected chi connectivity index (χ0v) is 17.6. The molecule has 1 amide bonds. The third-order valence-electron chi connectivity index (χ3n) is 5.83. The summed E-state index contributed by atoms with van der Waals surface area (Å²) >= 11 is 0. The zero-order valence-electron chi connectivity index (χ0n) is 17.6. The molecule has 0 spiro atoms. The van der Waals surface area contributed by atoms with E-state index >= 15 is 0 Å². The van der Waals surface area contributed by atoms with Gasteiger partial charge in [0.1, 0.15) is 5.82 Å². The van der Waals surface area contributed by atoms with Gasteiger partial charge in [-0.1, -0.05) is 48.5 Å². The van der Waals surface area contributed by atoms with Crippen molar-refractivity contribution in [2.75, 3.05) is 11.9 Å². The van der Waals surface area contributed by atoms with Crippen LogP contribution in [0.2, 0.25) is 0 Å². The lowest BCUT2D eigenvalue weighted by molar-refractivity contribution is -0.137. The van der Waals surface area contributed by atoms with E-state index in [-0.39, 0.29) is 11.6 Å². The summed E-state index contributed by atoms with van der Waals surface area (Å²) < 4.78 is 39.3. The molecule has 0 saturated heterocycles. The fourth-order valence-electron chi connectivity index (χ4n) is 4.18. The molecule has 0 radical (unpaired) electrons. The van der Waals surface area contributed by atoms with E-state index < -0.39 is 11.7 Å². The quantitative estimate of drug-likeness (QED) is 0.407. The van der Waals surface area contributed by atoms with Crippen molar-refractivity contribution in [3.8, 4) is 0 Å². The summed E-state index contributed by atoms with van der Waals surface area (Å²) in [6.07, 6.45) is -3.67. The first kappa shape index (κ1) is 21.0. The van der Waals surface area contributed by atoms with Crippen molar-refractivity contribution in [3.63, 3.8) is 0 Å². The van der Waals surface area contributed by atoms with E-state index in [1.807, 2.05) is 36.4 Å². The van der Waals surface area contributed by atoms with E-state index in [0.29, 0.717) is 35.4 Å². The molecule has 33 heavy (non-hydrogen) atoms. The first-order chi connectivity index (χ1) is 15.9. The van der Waals surface area contributed by atoms with Crippen LogP contribution in [0.4, 0.5) is 24.7 Å². The maximum atomic E-state index is 13.5. The van der Waals surface area contributed by atoms with Crippen molar-refractivity contribution in [1.82, 2.24) is 9.88 Å². The summed E-state index contributed by atoms with van der Waals surface area (Å²) in [7, 11) is 0. The second-order valence-electron chi connectivity index (χ2n) is 8.02. The molecule has 3 aromatic carbocycles. The number of anilines is 2. The average Bonchev–Trinajstić information content (AvgIpc) is 2.82. The van der Waals surface area contributed by atoms with Gasteiger partial charge >= 0.3 is 6.18 Å². The van der Waals surface area contributed by atoms with Crippen LogP contribution >= 0.6 is 0 Å². The van der Waals surface area contributed by atoms with Crippen molar-refractivity contribution in [3.05, 3.63) is 101 Å². The Hall–Kier alpha value is -3.87. The molecule has 1 aliphatic heterocycles. The number of benzene rings is 3. The lowest BCUT2D eigenvalue weighted by atomic mass is 9.98. The Morgan fingerprint density at radius 2 is 1.67 bits per heavy atom. The fraction of sp³-hybridized carbons (Fsp3) is 0.154. The average molecular weight is 447 g/mol. The van der Waals surface area contributed by atoms with E-state index in [9.17, 15) is 18.0 Å². The largest absolute Gasteiger partial charge is 0.416 e. The summed E-state index contributed by atoms with van der Waals surface area (Å²) in [5.41, 5.74) is 2.92. The minimum absolute atomic E-state index is 0.129. The number of alkyl halides is 3. The van der Waals surface area contributed by atoms with E-state index in [0.717, 1.165) is 24.1 Å². The van der Waals surface area contributed by atoms with Gasteiger partial charge in [0.25, 0.3) is 5.91 Å². The second-order valence-corrected chi connectivity index (χ2v) is 8.02. The van der Waals surface area contributed by atoms with Crippen LogP contribution in [-0.2, 0) is 19.1 Å². The van der Waals surface area contributed by atoms with Gasteiger partial charge in [-0.25, -0.2) is 4.98 Å². The highest BCUT2D eigenvalue weighted by Gasteiger charge is 2.30. The maximum absolute atomic E-state index is 13.5. The Labute approximate surface area is 188 Å². The SMILES string of the molecule is O=C(c1cc(Nc2cccc(C(F)(F)F)c2)nc2ccccc12)N1CCc2ccccc2C1. The molecular formula is C26H20F3N3O. The molecule has 0 aliphatic carbocycles. The van der Waals surface area contributed by atoms with Gasteiger partial charge in [-0.15, -0.1) is 0 Å². The highest BCUT2D eigenvalue weighted by molar-refractivity contribution is 6.07. The van der Waals surface area contributed by atoms with Gasteiger partial charge in [0.05, 0.1) is 16.6 Å². The topological polar surface area (TPSA) is 45.2 Å². The molecule has 5 rings (SSSR count). The summed E-state index contributed by atoms with van der Waals surface area (Å²) in [5, 5.41) is 3.65. The molecule has 166 valence electrons. The molecule has 4 nitrogen and oxygen atoms in total. The van der Waals surface area contributed by atoms with Gasteiger partial charge in [0.15, 0.2) is 0 Å². The summed E-state index contributed by atoms with van der Waals surface area (Å²) in [6, 6.07) is 21.9. The van der Waals surface area contributed by atoms with E-state index in [1.165, 1.54) is 17.7 Å². The molecule has 0 unspecified atom stereocenters. The first-order valence-corrected chi connectivity index (χ1v) is 10.6. The molecule has 0 saturated carbocycles. The fourth-order valence-corrected chi connectivity index (χ4v) is 4.18. The predicted octanol–water partition coefficient (Wildman–Crippen LogP) is 6.20. The standard InChI is InChI=1S/C26H20F3N3O/c27-26(28,29)19-8-5-9-20(14-19)30-24-15-22(21-10-3-4-11-23(21)31-24)25(33)32-13-12-17-6-1-2-7-18(17)16-32/h1-11,14-15H,12-13,16H2,(H,30,31). The number of aromatic nitrogens is 1. The smallest absolute Gasteiger partial charge is 0.340 e. The van der Waals surface area contributed by atoms with Crippen molar-refractivity contribution in [2.24, 2.45) is 0 Å². The second kappa shape index (κ2) is 8.24. The van der Waals surface area contributed by atoms with Gasteiger partial charge < -0.3 is 10.2 Å². The van der Waals surface area contributed by atoms with Crippen molar-refractivity contribution < 1.29 is 18.0 Å². The minimum Gasteiger partial charge on any atom is -0.340 e. The van der Waals surface area contributed by atoms with Gasteiger partial charge in [0, 0.05) is 24.2 Å². The molecule has 0 fully saturated rings. The van der Waals surface area contributed by atoms with Crippen LogP contribution in [0.1, 0.15) is 27.0 Å². The highest BCUT2D eigenvalue weighted by Crippen LogP contribution is 2.32. The first-order valence-electron chi connectivity index (χ1n) is 10.6. The van der Waals surface area contributed by atoms with Crippen LogP contribution in [0.15, 0.2) is 78.9 Å². The van der Waals surface area contributed by atoms with Crippen LogP contribution in [-0.4, -0.2) is 22.3 Å². The van der Waals surface area contributed by atoms with Crippen LogP contribution in [0.3, 0.4) is 0 Å². The van der Waals surface area contributed by atoms with Gasteiger partial charge in [0.2, 0.25) is 0 Å². The van der Waals surface area contributed by atoms with Crippen LogP contribution in [0.25, 0.3) is 10.9 Å². The van der Waals surface area contributed by atoms with E-state index in [2.05, 4.69) is 16.4 Å². The summed E-state index contributed by atoms with van der Waals surface area (Å²) in [5.74, 6) is 0.184. The molecule has 4 aromatic rings. The number of fused-ring (bicyclic) bond motifs is 2. The van der Waals surface area contributed by atoms with Crippen molar-refractivity contribution in [2.45, 2.75) is 19.1 Å². The van der Waals surface area contributed by atoms with Crippen LogP contribution in [0.5, 0.6) is 0 Å². The summed E-state index contributed by atoms with van der Waals surface area (Å²) in [6.45, 7) is 1.12. The third kappa shape index (κ3) is 4.26. The van der Waals surface area contributed by atoms with Crippen LogP contribution in [0, 0.1) is 0 Å². The van der Waals surface area contributed by atoms with Gasteiger partial charge in [-0.05, 0) is 47.9 Å². The number of carbonyl (C=O) groups excluding carboxylic acids is 1. The number of amides is 1. The molecule has 1 N–H and O–H groups in total. The van der Waals surface area contributed by atoms with Gasteiger partial charge in [-0.3, -0.25) is 4.79 Å². The number of para-hydroxylation sites is 1. The Morgan fingerprint density at radius 1 is 0.909 bits per heavy atom. The number of pyridine rings is 1. The van der Waals surface area contributed by atoms with Crippen LogP contribution < -0.4 is 5.32 Å². The Bertz CT molecular complexity index is 1350. The highest BCUT2D eigenvalue weighted by atomic mass is 19.4. The Balaban J connectivity index is 1.50. The molecule has 1 aliphatic rings. The number of nitrogens with zero attached hydrogens (tertiary/aromatic N) is 2. The molecule has 2 heterocycles. The monoisotopic (exact) mass is 447 g/mol. The van der Waals surface area contributed by atoms with Gasteiger partial charge in [-0.2, -0.15) is 13.2 Å².